The second kappa shape index (κ2) is 8.02. The minimum Gasteiger partial charge on any atom is -0.351 e. The molecule has 1 fully saturated rings. The molecule has 1 aromatic heterocycles. The first-order valence-electron chi connectivity index (χ1n) is 8.39. The van der Waals surface area contributed by atoms with Gasteiger partial charge in [-0.1, -0.05) is 42.5 Å². The van der Waals surface area contributed by atoms with Crippen LogP contribution in [0.25, 0.3) is 0 Å². The summed E-state index contributed by atoms with van der Waals surface area (Å²) in [6.45, 7) is 1.85. The second-order valence-electron chi connectivity index (χ2n) is 6.31. The van der Waals surface area contributed by atoms with Crippen LogP contribution in [0.4, 0.5) is 11.6 Å². The fourth-order valence-electron chi connectivity index (χ4n) is 3.00. The van der Waals surface area contributed by atoms with Gasteiger partial charge in [0.25, 0.3) is 5.91 Å². The van der Waals surface area contributed by atoms with Crippen LogP contribution in [0.1, 0.15) is 48.3 Å². The molecule has 3 rings (SSSR count). The first-order chi connectivity index (χ1) is 12.0. The van der Waals surface area contributed by atoms with E-state index in [1.54, 1.807) is 24.3 Å². The van der Waals surface area contributed by atoms with Crippen LogP contribution < -0.4 is 10.6 Å². The van der Waals surface area contributed by atoms with Gasteiger partial charge in [0.1, 0.15) is 5.69 Å². The van der Waals surface area contributed by atoms with E-state index in [9.17, 15) is 4.79 Å². The van der Waals surface area contributed by atoms with Crippen molar-refractivity contribution in [3.05, 3.63) is 45.7 Å². The average Bonchev–Trinajstić information content (AvgIpc) is 2.54. The van der Waals surface area contributed by atoms with Crippen molar-refractivity contribution in [1.29, 1.82) is 0 Å². The van der Waals surface area contributed by atoms with Crippen LogP contribution in [0, 0.1) is 6.92 Å². The maximum atomic E-state index is 12.5. The van der Waals surface area contributed by atoms with Crippen LogP contribution in [0.5, 0.6) is 0 Å². The maximum absolute atomic E-state index is 12.5. The van der Waals surface area contributed by atoms with Crippen LogP contribution in [-0.2, 0) is 0 Å². The average molecular weight is 379 g/mol. The highest BCUT2D eigenvalue weighted by atomic mass is 35.5. The van der Waals surface area contributed by atoms with Crippen molar-refractivity contribution >= 4 is 40.7 Å². The van der Waals surface area contributed by atoms with Gasteiger partial charge < -0.3 is 10.6 Å². The van der Waals surface area contributed by atoms with Gasteiger partial charge in [-0.2, -0.15) is 0 Å². The van der Waals surface area contributed by atoms with E-state index < -0.39 is 0 Å². The van der Waals surface area contributed by atoms with E-state index in [-0.39, 0.29) is 5.91 Å². The van der Waals surface area contributed by atoms with E-state index in [1.807, 2.05) is 6.92 Å². The summed E-state index contributed by atoms with van der Waals surface area (Å²) in [5.41, 5.74) is 1.57. The number of carbonyl (C=O) groups is 1. The Morgan fingerprint density at radius 1 is 1.04 bits per heavy atom. The lowest BCUT2D eigenvalue weighted by molar-refractivity contribution is 0.102. The van der Waals surface area contributed by atoms with Crippen molar-refractivity contribution in [3.8, 4) is 0 Å². The van der Waals surface area contributed by atoms with Crippen molar-refractivity contribution in [1.82, 2.24) is 9.97 Å². The highest BCUT2D eigenvalue weighted by molar-refractivity contribution is 6.35. The summed E-state index contributed by atoms with van der Waals surface area (Å²) in [6.07, 6.45) is 5.93. The van der Waals surface area contributed by atoms with E-state index in [4.69, 9.17) is 23.2 Å². The van der Waals surface area contributed by atoms with Gasteiger partial charge in [0.2, 0.25) is 5.95 Å². The number of rotatable bonds is 4. The molecule has 1 aliphatic rings. The van der Waals surface area contributed by atoms with E-state index in [2.05, 4.69) is 20.6 Å². The predicted molar refractivity (Wildman–Crippen MR) is 102 cm³/mol. The first kappa shape index (κ1) is 18.0. The molecule has 5 nitrogen and oxygen atoms in total. The Morgan fingerprint density at radius 3 is 2.40 bits per heavy atom. The van der Waals surface area contributed by atoms with Gasteiger partial charge in [0.05, 0.1) is 0 Å². The monoisotopic (exact) mass is 378 g/mol. The number of anilines is 2. The Bertz CT molecular complexity index is 755. The highest BCUT2D eigenvalue weighted by Gasteiger charge is 2.16. The van der Waals surface area contributed by atoms with Crippen molar-refractivity contribution in [2.24, 2.45) is 0 Å². The summed E-state index contributed by atoms with van der Waals surface area (Å²) in [5, 5.41) is 7.05. The number of carbonyl (C=O) groups excluding carboxylic acids is 1. The minimum absolute atomic E-state index is 0.307. The van der Waals surface area contributed by atoms with Gasteiger partial charge >= 0.3 is 0 Å². The lowest BCUT2D eigenvalue weighted by Gasteiger charge is -2.23. The molecule has 2 N–H and O–H groups in total. The summed E-state index contributed by atoms with van der Waals surface area (Å²) in [5.74, 6) is 0.178. The Labute approximate surface area is 157 Å². The number of amides is 1. The summed E-state index contributed by atoms with van der Waals surface area (Å²) in [6, 6.07) is 6.92. The predicted octanol–water partition coefficient (Wildman–Crippen LogP) is 5.09. The Kier molecular flexibility index (Phi) is 5.76. The van der Waals surface area contributed by atoms with Crippen LogP contribution in [0.2, 0.25) is 10.0 Å². The largest absolute Gasteiger partial charge is 0.351 e. The minimum atomic E-state index is -0.324. The number of hydrogen-bond acceptors (Lipinski definition) is 4. The molecular formula is C18H20Cl2N4O. The zero-order valence-corrected chi connectivity index (χ0v) is 15.5. The molecule has 1 saturated carbocycles. The molecule has 25 heavy (non-hydrogen) atoms. The van der Waals surface area contributed by atoms with Gasteiger partial charge in [-0.15, -0.1) is 0 Å². The first-order valence-corrected chi connectivity index (χ1v) is 9.15. The molecule has 0 bridgehead atoms. The molecule has 0 aliphatic heterocycles. The normalized spacial score (nSPS) is 15.0. The van der Waals surface area contributed by atoms with Crippen LogP contribution in [-0.4, -0.2) is 21.9 Å². The Hall–Kier alpha value is -1.85. The quantitative estimate of drug-likeness (QED) is 0.777. The standard InChI is InChI=1S/C18H20Cl2N4O/c1-11-7-16(17(25)22-15-9-12(19)8-13(20)10-15)24-18(21-11)23-14-5-3-2-4-6-14/h7-10,14H,2-6H2,1H3,(H,22,25)(H,21,23,24). The Balaban J connectivity index is 1.75. The molecular weight excluding hydrogens is 359 g/mol. The second-order valence-corrected chi connectivity index (χ2v) is 7.18. The van der Waals surface area contributed by atoms with Gasteiger partial charge in [0, 0.05) is 27.5 Å². The molecule has 0 spiro atoms. The van der Waals surface area contributed by atoms with E-state index >= 15 is 0 Å². The molecule has 2 aromatic rings. The zero-order chi connectivity index (χ0) is 17.8. The van der Waals surface area contributed by atoms with Crippen LogP contribution in [0.3, 0.4) is 0 Å². The number of hydrogen-bond donors (Lipinski definition) is 2. The number of nitrogens with zero attached hydrogens (tertiary/aromatic N) is 2. The number of nitrogens with one attached hydrogen (secondary N) is 2. The van der Waals surface area contributed by atoms with Gasteiger partial charge in [-0.25, -0.2) is 9.97 Å². The lowest BCUT2D eigenvalue weighted by Crippen LogP contribution is -2.24. The maximum Gasteiger partial charge on any atom is 0.274 e. The number of benzene rings is 1. The molecule has 1 aliphatic carbocycles. The summed E-state index contributed by atoms with van der Waals surface area (Å²) < 4.78 is 0. The molecule has 1 amide bonds. The third-order valence-corrected chi connectivity index (χ3v) is 4.58. The fraction of sp³-hybridized carbons (Fsp3) is 0.389. The van der Waals surface area contributed by atoms with Crippen molar-refractivity contribution < 1.29 is 4.79 Å². The van der Waals surface area contributed by atoms with Crippen molar-refractivity contribution in [2.45, 2.75) is 45.1 Å². The fourth-order valence-corrected chi connectivity index (χ4v) is 3.53. The number of aromatic nitrogens is 2. The summed E-state index contributed by atoms with van der Waals surface area (Å²) in [4.78, 5) is 21.3. The summed E-state index contributed by atoms with van der Waals surface area (Å²) >= 11 is 11.9. The highest BCUT2D eigenvalue weighted by Crippen LogP contribution is 2.23. The molecule has 132 valence electrons. The topological polar surface area (TPSA) is 66.9 Å². The van der Waals surface area contributed by atoms with Gasteiger partial charge in [-0.05, 0) is 44.0 Å². The smallest absolute Gasteiger partial charge is 0.274 e. The molecule has 0 unspecified atom stereocenters. The number of halogens is 2. The lowest BCUT2D eigenvalue weighted by atomic mass is 9.96. The van der Waals surface area contributed by atoms with E-state index in [1.165, 1.54) is 19.3 Å². The third kappa shape index (κ3) is 5.06. The van der Waals surface area contributed by atoms with Crippen molar-refractivity contribution in [3.63, 3.8) is 0 Å². The van der Waals surface area contributed by atoms with Crippen LogP contribution in [0.15, 0.2) is 24.3 Å². The van der Waals surface area contributed by atoms with Gasteiger partial charge in [0.15, 0.2) is 0 Å². The van der Waals surface area contributed by atoms with Crippen LogP contribution >= 0.6 is 23.2 Å². The summed E-state index contributed by atoms with van der Waals surface area (Å²) in [7, 11) is 0. The molecule has 0 radical (unpaired) electrons. The van der Waals surface area contributed by atoms with Crippen molar-refractivity contribution in [2.75, 3.05) is 10.6 Å². The molecule has 1 aromatic carbocycles. The Morgan fingerprint density at radius 2 is 1.72 bits per heavy atom. The zero-order valence-electron chi connectivity index (χ0n) is 14.0. The molecule has 1 heterocycles. The van der Waals surface area contributed by atoms with E-state index in [0.717, 1.165) is 18.5 Å². The molecule has 0 saturated heterocycles. The van der Waals surface area contributed by atoms with E-state index in [0.29, 0.717) is 33.4 Å². The van der Waals surface area contributed by atoms with Gasteiger partial charge in [-0.3, -0.25) is 4.79 Å². The SMILES string of the molecule is Cc1cc(C(=O)Nc2cc(Cl)cc(Cl)c2)nc(NC2CCCCC2)n1. The third-order valence-electron chi connectivity index (χ3n) is 4.15. The molecule has 0 atom stereocenters. The molecule has 7 heteroatoms. The number of aryl methyl sites for hydroxylation is 1.